The van der Waals surface area contributed by atoms with Crippen molar-refractivity contribution in [3.63, 3.8) is 0 Å². The summed E-state index contributed by atoms with van der Waals surface area (Å²) in [7, 11) is 0. The zero-order valence-corrected chi connectivity index (χ0v) is 17.4. The predicted molar refractivity (Wildman–Crippen MR) is 110 cm³/mol. The second-order valence-electron chi connectivity index (χ2n) is 6.80. The van der Waals surface area contributed by atoms with Crippen LogP contribution in [-0.4, -0.2) is 57.7 Å². The number of nitrogens with zero attached hydrogens (tertiary/aromatic N) is 4. The molecule has 1 aliphatic rings. The number of nitrogens with one attached hydrogen (secondary N) is 1. The molecule has 150 valence electrons. The van der Waals surface area contributed by atoms with Gasteiger partial charge in [-0.1, -0.05) is 23.2 Å². The van der Waals surface area contributed by atoms with Crippen LogP contribution in [0.4, 0.5) is 10.5 Å². The van der Waals surface area contributed by atoms with Crippen LogP contribution in [-0.2, 0) is 11.3 Å². The number of aromatic nitrogens is 2. The monoisotopic (exact) mass is 423 g/mol. The average Bonchev–Trinajstić information content (AvgIpc) is 2.87. The molecule has 0 atom stereocenters. The van der Waals surface area contributed by atoms with Crippen LogP contribution in [0, 0.1) is 13.8 Å². The van der Waals surface area contributed by atoms with Gasteiger partial charge < -0.3 is 15.1 Å². The number of benzene rings is 1. The molecule has 7 nitrogen and oxygen atoms in total. The molecule has 28 heavy (non-hydrogen) atoms. The number of hydrogen-bond donors (Lipinski definition) is 1. The highest BCUT2D eigenvalue weighted by molar-refractivity contribution is 6.31. The van der Waals surface area contributed by atoms with E-state index in [0.717, 1.165) is 12.1 Å². The molecule has 0 aliphatic carbocycles. The number of halogens is 2. The Labute approximate surface area is 174 Å². The summed E-state index contributed by atoms with van der Waals surface area (Å²) in [5.74, 6) is -0.0257. The van der Waals surface area contributed by atoms with Gasteiger partial charge in [0, 0.05) is 36.9 Å². The molecular formula is C19H23Cl2N5O2. The van der Waals surface area contributed by atoms with Crippen LogP contribution in [0.5, 0.6) is 0 Å². The van der Waals surface area contributed by atoms with E-state index in [-0.39, 0.29) is 18.5 Å². The number of anilines is 1. The molecule has 1 fully saturated rings. The smallest absolute Gasteiger partial charge is 0.321 e. The number of carbonyl (C=O) groups is 2. The highest BCUT2D eigenvalue weighted by Crippen LogP contribution is 2.19. The highest BCUT2D eigenvalue weighted by atomic mass is 35.5. The van der Waals surface area contributed by atoms with E-state index in [4.69, 9.17) is 23.2 Å². The molecule has 2 aromatic rings. The first-order chi connectivity index (χ1) is 13.3. The minimum atomic E-state index is -0.179. The van der Waals surface area contributed by atoms with E-state index in [2.05, 4.69) is 10.4 Å². The first-order valence-corrected chi connectivity index (χ1v) is 9.89. The number of hydrogen-bond acceptors (Lipinski definition) is 3. The van der Waals surface area contributed by atoms with E-state index in [9.17, 15) is 9.59 Å². The van der Waals surface area contributed by atoms with Crippen molar-refractivity contribution in [3.8, 4) is 0 Å². The zero-order chi connectivity index (χ0) is 20.3. The maximum absolute atomic E-state index is 12.7. The molecule has 9 heteroatoms. The normalized spacial score (nSPS) is 14.7. The number of rotatable bonds is 3. The van der Waals surface area contributed by atoms with Gasteiger partial charge in [0.15, 0.2) is 0 Å². The van der Waals surface area contributed by atoms with Gasteiger partial charge in [-0.2, -0.15) is 5.10 Å². The lowest BCUT2D eigenvalue weighted by molar-refractivity contribution is -0.131. The van der Waals surface area contributed by atoms with Crippen molar-refractivity contribution in [1.82, 2.24) is 19.6 Å². The lowest BCUT2D eigenvalue weighted by Gasteiger charge is -2.22. The molecule has 1 aliphatic heterocycles. The fraction of sp³-hybridized carbons (Fsp3) is 0.421. The molecule has 0 spiro atoms. The second kappa shape index (κ2) is 8.84. The SMILES string of the molecule is Cc1nn(CC(=O)N2CCCN(C(=O)Nc3ccc(Cl)cc3)CC2)c(C)c1Cl. The van der Waals surface area contributed by atoms with Crippen molar-refractivity contribution < 1.29 is 9.59 Å². The standard InChI is InChI=1S/C19H23Cl2N5O2/c1-13-18(21)14(2)26(23-13)12-17(27)24-8-3-9-25(11-10-24)19(28)22-16-6-4-15(20)5-7-16/h4-7H,3,8-12H2,1-2H3,(H,22,28). The molecule has 1 aromatic heterocycles. The zero-order valence-electron chi connectivity index (χ0n) is 15.9. The molecular weight excluding hydrogens is 401 g/mol. The van der Waals surface area contributed by atoms with Gasteiger partial charge >= 0.3 is 6.03 Å². The third-order valence-electron chi connectivity index (χ3n) is 4.81. The molecule has 0 radical (unpaired) electrons. The largest absolute Gasteiger partial charge is 0.339 e. The van der Waals surface area contributed by atoms with Gasteiger partial charge in [-0.25, -0.2) is 4.79 Å². The summed E-state index contributed by atoms with van der Waals surface area (Å²) in [6, 6.07) is 6.79. The molecule has 0 unspecified atom stereocenters. The Balaban J connectivity index is 1.56. The molecule has 3 rings (SSSR count). The molecule has 1 aromatic carbocycles. The summed E-state index contributed by atoms with van der Waals surface area (Å²) < 4.78 is 1.63. The fourth-order valence-corrected chi connectivity index (χ4v) is 3.42. The Hall–Kier alpha value is -2.25. The molecule has 0 bridgehead atoms. The Kier molecular flexibility index (Phi) is 6.46. The van der Waals surface area contributed by atoms with Crippen LogP contribution >= 0.6 is 23.2 Å². The topological polar surface area (TPSA) is 70.5 Å². The lowest BCUT2D eigenvalue weighted by atomic mass is 10.3. The van der Waals surface area contributed by atoms with Crippen LogP contribution in [0.25, 0.3) is 0 Å². The van der Waals surface area contributed by atoms with Crippen molar-refractivity contribution in [2.24, 2.45) is 0 Å². The summed E-state index contributed by atoms with van der Waals surface area (Å²) >= 11 is 12.0. The number of urea groups is 1. The van der Waals surface area contributed by atoms with Crippen molar-refractivity contribution in [2.75, 3.05) is 31.5 Å². The maximum atomic E-state index is 12.7. The van der Waals surface area contributed by atoms with E-state index < -0.39 is 0 Å². The fourth-order valence-electron chi connectivity index (χ4n) is 3.16. The van der Waals surface area contributed by atoms with Crippen LogP contribution in [0.15, 0.2) is 24.3 Å². The van der Waals surface area contributed by atoms with E-state index in [0.29, 0.717) is 47.6 Å². The highest BCUT2D eigenvalue weighted by Gasteiger charge is 2.23. The van der Waals surface area contributed by atoms with Gasteiger partial charge in [-0.05, 0) is 44.5 Å². The van der Waals surface area contributed by atoms with Crippen molar-refractivity contribution in [3.05, 3.63) is 45.7 Å². The summed E-state index contributed by atoms with van der Waals surface area (Å²) in [5, 5.41) is 8.39. The average molecular weight is 424 g/mol. The summed E-state index contributed by atoms with van der Waals surface area (Å²) in [6.07, 6.45) is 0.720. The van der Waals surface area contributed by atoms with Crippen molar-refractivity contribution >= 4 is 40.8 Å². The summed E-state index contributed by atoms with van der Waals surface area (Å²) in [4.78, 5) is 28.7. The molecule has 1 N–H and O–H groups in total. The third kappa shape index (κ3) is 4.77. The second-order valence-corrected chi connectivity index (χ2v) is 7.62. The number of aryl methyl sites for hydroxylation is 1. The van der Waals surface area contributed by atoms with Gasteiger partial charge in [-0.15, -0.1) is 0 Å². The Morgan fingerprint density at radius 1 is 1.04 bits per heavy atom. The summed E-state index contributed by atoms with van der Waals surface area (Å²) in [6.45, 7) is 5.98. The van der Waals surface area contributed by atoms with Crippen molar-refractivity contribution in [2.45, 2.75) is 26.8 Å². The molecule has 3 amide bonds. The van der Waals surface area contributed by atoms with Crippen LogP contribution < -0.4 is 5.32 Å². The van der Waals surface area contributed by atoms with E-state index in [1.54, 1.807) is 38.7 Å². The molecule has 2 heterocycles. The van der Waals surface area contributed by atoms with Crippen LogP contribution in [0.2, 0.25) is 10.0 Å². The van der Waals surface area contributed by atoms with Crippen LogP contribution in [0.1, 0.15) is 17.8 Å². The predicted octanol–water partition coefficient (Wildman–Crippen LogP) is 3.57. The van der Waals surface area contributed by atoms with Gasteiger partial charge in [-0.3, -0.25) is 9.48 Å². The van der Waals surface area contributed by atoms with Gasteiger partial charge in [0.1, 0.15) is 6.54 Å². The van der Waals surface area contributed by atoms with Gasteiger partial charge in [0.25, 0.3) is 0 Å². The van der Waals surface area contributed by atoms with Gasteiger partial charge in [0.05, 0.1) is 16.4 Å². The lowest BCUT2D eigenvalue weighted by Crippen LogP contribution is -2.40. The molecule has 1 saturated heterocycles. The molecule has 0 saturated carbocycles. The minimum Gasteiger partial charge on any atom is -0.339 e. The van der Waals surface area contributed by atoms with Crippen molar-refractivity contribution in [1.29, 1.82) is 0 Å². The van der Waals surface area contributed by atoms with Gasteiger partial charge in [0.2, 0.25) is 5.91 Å². The van der Waals surface area contributed by atoms with Crippen LogP contribution in [0.3, 0.4) is 0 Å². The number of carbonyl (C=O) groups excluding carboxylic acids is 2. The first-order valence-electron chi connectivity index (χ1n) is 9.14. The quantitative estimate of drug-likeness (QED) is 0.819. The third-order valence-corrected chi connectivity index (χ3v) is 5.61. The first kappa shape index (κ1) is 20.5. The Bertz CT molecular complexity index is 866. The van der Waals surface area contributed by atoms with E-state index in [1.165, 1.54) is 0 Å². The number of amides is 3. The maximum Gasteiger partial charge on any atom is 0.321 e. The Morgan fingerprint density at radius 2 is 1.68 bits per heavy atom. The Morgan fingerprint density at radius 3 is 2.32 bits per heavy atom. The summed E-state index contributed by atoms with van der Waals surface area (Å²) in [5.41, 5.74) is 2.19. The van der Waals surface area contributed by atoms with E-state index >= 15 is 0 Å². The van der Waals surface area contributed by atoms with E-state index in [1.807, 2.05) is 13.8 Å². The minimum absolute atomic E-state index is 0.0257.